The first kappa shape index (κ1) is 9.99. The maximum atomic E-state index is 12.8. The highest BCUT2D eigenvalue weighted by atomic mass is 19.1. The molecule has 0 aliphatic rings. The SMILES string of the molecule is COc1ccc(F)cc1C(C)CO. The molecule has 0 aromatic heterocycles. The van der Waals surface area contributed by atoms with E-state index in [9.17, 15) is 4.39 Å². The van der Waals surface area contributed by atoms with Crippen molar-refractivity contribution in [3.8, 4) is 5.75 Å². The number of methoxy groups -OCH3 is 1. The topological polar surface area (TPSA) is 29.5 Å². The van der Waals surface area contributed by atoms with Crippen molar-refractivity contribution in [2.24, 2.45) is 0 Å². The van der Waals surface area contributed by atoms with Crippen LogP contribution in [-0.2, 0) is 0 Å². The minimum atomic E-state index is -0.309. The lowest BCUT2D eigenvalue weighted by atomic mass is 10.0. The number of benzene rings is 1. The Morgan fingerprint density at radius 1 is 1.54 bits per heavy atom. The zero-order valence-corrected chi connectivity index (χ0v) is 7.75. The minimum Gasteiger partial charge on any atom is -0.496 e. The van der Waals surface area contributed by atoms with Crippen LogP contribution in [0.3, 0.4) is 0 Å². The summed E-state index contributed by atoms with van der Waals surface area (Å²) in [6, 6.07) is 4.29. The fourth-order valence-electron chi connectivity index (χ4n) is 1.19. The molecule has 1 unspecified atom stereocenters. The number of hydrogen-bond acceptors (Lipinski definition) is 2. The highest BCUT2D eigenvalue weighted by Gasteiger charge is 2.10. The molecule has 1 rings (SSSR count). The summed E-state index contributed by atoms with van der Waals surface area (Å²) in [6.07, 6.45) is 0. The van der Waals surface area contributed by atoms with Crippen molar-refractivity contribution in [1.29, 1.82) is 0 Å². The third kappa shape index (κ3) is 2.18. The summed E-state index contributed by atoms with van der Waals surface area (Å²) in [7, 11) is 1.53. The maximum absolute atomic E-state index is 12.8. The summed E-state index contributed by atoms with van der Waals surface area (Å²) in [4.78, 5) is 0. The predicted octanol–water partition coefficient (Wildman–Crippen LogP) is 1.93. The molecule has 1 aromatic carbocycles. The normalized spacial score (nSPS) is 12.6. The van der Waals surface area contributed by atoms with Gasteiger partial charge in [-0.2, -0.15) is 0 Å². The average molecular weight is 184 g/mol. The third-order valence-electron chi connectivity index (χ3n) is 2.00. The van der Waals surface area contributed by atoms with E-state index in [0.717, 1.165) is 0 Å². The Bertz CT molecular complexity index is 286. The van der Waals surface area contributed by atoms with Crippen molar-refractivity contribution >= 4 is 0 Å². The summed E-state index contributed by atoms with van der Waals surface area (Å²) >= 11 is 0. The lowest BCUT2D eigenvalue weighted by molar-refractivity contribution is 0.269. The van der Waals surface area contributed by atoms with Crippen LogP contribution in [0.1, 0.15) is 18.4 Å². The van der Waals surface area contributed by atoms with Gasteiger partial charge in [-0.25, -0.2) is 4.39 Å². The van der Waals surface area contributed by atoms with Gasteiger partial charge in [0.05, 0.1) is 7.11 Å². The number of rotatable bonds is 3. The van der Waals surface area contributed by atoms with Gasteiger partial charge < -0.3 is 9.84 Å². The van der Waals surface area contributed by atoms with Crippen molar-refractivity contribution in [2.45, 2.75) is 12.8 Å². The second-order valence-corrected chi connectivity index (χ2v) is 2.97. The van der Waals surface area contributed by atoms with Crippen LogP contribution < -0.4 is 4.74 Å². The first-order chi connectivity index (χ1) is 6.19. The molecular weight excluding hydrogens is 171 g/mol. The second kappa shape index (κ2) is 4.23. The Morgan fingerprint density at radius 2 is 2.23 bits per heavy atom. The first-order valence-corrected chi connectivity index (χ1v) is 4.13. The molecule has 0 aliphatic heterocycles. The quantitative estimate of drug-likeness (QED) is 0.777. The van der Waals surface area contributed by atoms with Crippen LogP contribution in [0, 0.1) is 5.82 Å². The van der Waals surface area contributed by atoms with Crippen molar-refractivity contribution in [3.05, 3.63) is 29.6 Å². The molecule has 2 nitrogen and oxygen atoms in total. The van der Waals surface area contributed by atoms with Gasteiger partial charge in [-0.15, -0.1) is 0 Å². The number of ether oxygens (including phenoxy) is 1. The number of aliphatic hydroxyl groups is 1. The van der Waals surface area contributed by atoms with Gasteiger partial charge in [0.1, 0.15) is 11.6 Å². The largest absolute Gasteiger partial charge is 0.496 e. The smallest absolute Gasteiger partial charge is 0.123 e. The Morgan fingerprint density at radius 3 is 2.77 bits per heavy atom. The van der Waals surface area contributed by atoms with Crippen molar-refractivity contribution in [1.82, 2.24) is 0 Å². The third-order valence-corrected chi connectivity index (χ3v) is 2.00. The zero-order chi connectivity index (χ0) is 9.84. The Hall–Kier alpha value is -1.09. The van der Waals surface area contributed by atoms with Crippen LogP contribution in [0.4, 0.5) is 4.39 Å². The van der Waals surface area contributed by atoms with Gasteiger partial charge in [-0.05, 0) is 18.2 Å². The van der Waals surface area contributed by atoms with E-state index in [1.807, 2.05) is 6.92 Å². The number of hydrogen-bond donors (Lipinski definition) is 1. The zero-order valence-electron chi connectivity index (χ0n) is 7.75. The van der Waals surface area contributed by atoms with Gasteiger partial charge in [0.15, 0.2) is 0 Å². The van der Waals surface area contributed by atoms with E-state index in [4.69, 9.17) is 9.84 Å². The van der Waals surface area contributed by atoms with Gasteiger partial charge >= 0.3 is 0 Å². The van der Waals surface area contributed by atoms with E-state index < -0.39 is 0 Å². The fourth-order valence-corrected chi connectivity index (χ4v) is 1.19. The van der Waals surface area contributed by atoms with Gasteiger partial charge in [0.25, 0.3) is 0 Å². The molecule has 0 bridgehead atoms. The lowest BCUT2D eigenvalue weighted by Crippen LogP contribution is -2.02. The van der Waals surface area contributed by atoms with E-state index in [-0.39, 0.29) is 18.3 Å². The average Bonchev–Trinajstić information content (AvgIpc) is 2.16. The van der Waals surface area contributed by atoms with Gasteiger partial charge in [0, 0.05) is 18.1 Å². The molecule has 0 fully saturated rings. The van der Waals surface area contributed by atoms with Crippen LogP contribution in [0.25, 0.3) is 0 Å². The molecule has 3 heteroatoms. The van der Waals surface area contributed by atoms with E-state index >= 15 is 0 Å². The summed E-state index contributed by atoms with van der Waals surface area (Å²) in [5.74, 6) is 0.199. The van der Waals surface area contributed by atoms with Gasteiger partial charge in [-0.1, -0.05) is 6.92 Å². The van der Waals surface area contributed by atoms with Crippen LogP contribution >= 0.6 is 0 Å². The molecule has 72 valence electrons. The highest BCUT2D eigenvalue weighted by Crippen LogP contribution is 2.26. The molecule has 0 spiro atoms. The molecule has 0 aliphatic carbocycles. The Balaban J connectivity index is 3.07. The van der Waals surface area contributed by atoms with Crippen LogP contribution in [-0.4, -0.2) is 18.8 Å². The maximum Gasteiger partial charge on any atom is 0.123 e. The van der Waals surface area contributed by atoms with Crippen molar-refractivity contribution in [2.75, 3.05) is 13.7 Å². The molecule has 0 radical (unpaired) electrons. The lowest BCUT2D eigenvalue weighted by Gasteiger charge is -2.12. The monoisotopic (exact) mass is 184 g/mol. The molecule has 0 saturated heterocycles. The van der Waals surface area contributed by atoms with Crippen LogP contribution in [0.5, 0.6) is 5.75 Å². The van der Waals surface area contributed by atoms with Crippen LogP contribution in [0.2, 0.25) is 0 Å². The Labute approximate surface area is 77.0 Å². The number of aliphatic hydroxyl groups excluding tert-OH is 1. The molecule has 0 heterocycles. The molecule has 1 atom stereocenters. The molecule has 1 aromatic rings. The highest BCUT2D eigenvalue weighted by molar-refractivity contribution is 5.36. The number of halogens is 1. The Kier molecular flexibility index (Phi) is 3.25. The summed E-state index contributed by atoms with van der Waals surface area (Å²) < 4.78 is 17.9. The fraction of sp³-hybridized carbons (Fsp3) is 0.400. The van der Waals surface area contributed by atoms with Gasteiger partial charge in [0.2, 0.25) is 0 Å². The minimum absolute atomic E-state index is 0.0141. The molecule has 1 N–H and O–H groups in total. The van der Waals surface area contributed by atoms with Crippen molar-refractivity contribution < 1.29 is 14.2 Å². The summed E-state index contributed by atoms with van der Waals surface area (Å²) in [5.41, 5.74) is 0.699. The standard InChI is InChI=1S/C10H13FO2/c1-7(6-12)9-5-8(11)3-4-10(9)13-2/h3-5,7,12H,6H2,1-2H3. The van der Waals surface area contributed by atoms with Crippen LogP contribution in [0.15, 0.2) is 18.2 Å². The second-order valence-electron chi connectivity index (χ2n) is 2.97. The molecule has 0 saturated carbocycles. The van der Waals surface area contributed by atoms with E-state index in [1.165, 1.54) is 19.2 Å². The first-order valence-electron chi connectivity index (χ1n) is 4.13. The molecule has 0 amide bonds. The molecule has 13 heavy (non-hydrogen) atoms. The van der Waals surface area contributed by atoms with E-state index in [1.54, 1.807) is 6.07 Å². The van der Waals surface area contributed by atoms with E-state index in [0.29, 0.717) is 11.3 Å². The predicted molar refractivity (Wildman–Crippen MR) is 48.5 cm³/mol. The van der Waals surface area contributed by atoms with E-state index in [2.05, 4.69) is 0 Å². The summed E-state index contributed by atoms with van der Waals surface area (Å²) in [5, 5.41) is 8.92. The summed E-state index contributed by atoms with van der Waals surface area (Å²) in [6.45, 7) is 1.80. The van der Waals surface area contributed by atoms with Crippen molar-refractivity contribution in [3.63, 3.8) is 0 Å². The molecular formula is C10H13FO2. The van der Waals surface area contributed by atoms with Gasteiger partial charge in [-0.3, -0.25) is 0 Å².